The van der Waals surface area contributed by atoms with Gasteiger partial charge >= 0.3 is 0 Å². The Hall–Kier alpha value is -0.940. The highest BCUT2D eigenvalue weighted by Gasteiger charge is 2.33. The Bertz CT molecular complexity index is 629. The van der Waals surface area contributed by atoms with Crippen molar-refractivity contribution in [2.24, 2.45) is 0 Å². The molecule has 0 aliphatic heterocycles. The predicted octanol–water partition coefficient (Wildman–Crippen LogP) is 3.71. The lowest BCUT2D eigenvalue weighted by Crippen LogP contribution is -2.37. The number of hydrogen-bond donors (Lipinski definition) is 2. The Morgan fingerprint density at radius 3 is 2.38 bits per heavy atom. The molecule has 0 unspecified atom stereocenters. The number of hydrogen-bond acceptors (Lipinski definition) is 2. The third-order valence-corrected chi connectivity index (χ3v) is 4.65. The van der Waals surface area contributed by atoms with E-state index in [-0.39, 0.29) is 19.6 Å². The molecule has 0 aliphatic rings. The molecule has 2 nitrogen and oxygen atoms in total. The zero-order chi connectivity index (χ0) is 15.5. The first kappa shape index (κ1) is 16.4. The van der Waals surface area contributed by atoms with E-state index in [0.29, 0.717) is 10.6 Å². The first-order valence-electron chi connectivity index (χ1n) is 6.43. The topological polar surface area (TPSA) is 40.5 Å². The molecule has 2 rings (SSSR count). The summed E-state index contributed by atoms with van der Waals surface area (Å²) in [4.78, 5) is 0. The Morgan fingerprint density at radius 1 is 1.10 bits per heavy atom. The summed E-state index contributed by atoms with van der Waals surface area (Å²) >= 11 is 9.53. The van der Waals surface area contributed by atoms with Crippen LogP contribution in [0.1, 0.15) is 11.1 Å². The lowest BCUT2D eigenvalue weighted by atomic mass is 9.77. The van der Waals surface area contributed by atoms with Crippen LogP contribution < -0.4 is 0 Å². The number of halogens is 3. The molecule has 0 radical (unpaired) electrons. The van der Waals surface area contributed by atoms with Gasteiger partial charge in [0, 0.05) is 14.9 Å². The van der Waals surface area contributed by atoms with Crippen molar-refractivity contribution in [3.05, 3.63) is 68.9 Å². The van der Waals surface area contributed by atoms with Gasteiger partial charge in [0.1, 0.15) is 5.82 Å². The van der Waals surface area contributed by atoms with Crippen LogP contribution in [0.2, 0.25) is 5.02 Å². The lowest BCUT2D eigenvalue weighted by molar-refractivity contribution is 0.115. The van der Waals surface area contributed by atoms with E-state index in [4.69, 9.17) is 11.6 Å². The summed E-state index contributed by atoms with van der Waals surface area (Å²) in [6.45, 7) is -0.558. The van der Waals surface area contributed by atoms with Crippen LogP contribution in [-0.2, 0) is 11.8 Å². The second-order valence-electron chi connectivity index (χ2n) is 4.99. The lowest BCUT2D eigenvalue weighted by Gasteiger charge is -2.32. The van der Waals surface area contributed by atoms with Gasteiger partial charge in [0.05, 0.1) is 13.2 Å². The summed E-state index contributed by atoms with van der Waals surface area (Å²) in [6, 6.07) is 11.4. The van der Waals surface area contributed by atoms with Crippen LogP contribution in [0.4, 0.5) is 4.39 Å². The maximum atomic E-state index is 13.4. The number of aliphatic hydroxyl groups excluding tert-OH is 2. The number of aliphatic hydroxyl groups is 2. The van der Waals surface area contributed by atoms with Crippen LogP contribution in [0.25, 0.3) is 0 Å². The molecule has 112 valence electrons. The van der Waals surface area contributed by atoms with Crippen molar-refractivity contribution in [2.75, 3.05) is 13.2 Å². The average Bonchev–Trinajstić information content (AvgIpc) is 2.49. The zero-order valence-electron chi connectivity index (χ0n) is 11.2. The van der Waals surface area contributed by atoms with E-state index in [1.807, 2.05) is 24.3 Å². The van der Waals surface area contributed by atoms with Crippen molar-refractivity contribution in [3.8, 4) is 0 Å². The molecule has 0 aromatic heterocycles. The monoisotopic (exact) mass is 372 g/mol. The smallest absolute Gasteiger partial charge is 0.123 e. The molecular weight excluding hydrogens is 359 g/mol. The summed E-state index contributed by atoms with van der Waals surface area (Å²) < 4.78 is 14.2. The fraction of sp³-hybridized carbons (Fsp3) is 0.250. The molecule has 0 heterocycles. The summed E-state index contributed by atoms with van der Waals surface area (Å²) in [5.41, 5.74) is 0.378. The maximum Gasteiger partial charge on any atom is 0.123 e. The molecule has 2 N–H and O–H groups in total. The van der Waals surface area contributed by atoms with E-state index in [9.17, 15) is 14.6 Å². The first-order chi connectivity index (χ1) is 10.0. The standard InChI is InChI=1S/C16H15BrClFO2/c17-14-4-2-1-3-13(14)16(9-20,10-21)8-11-7-12(19)5-6-15(11)18/h1-7,20-21H,8-10H2. The number of benzene rings is 2. The van der Waals surface area contributed by atoms with E-state index < -0.39 is 11.2 Å². The van der Waals surface area contributed by atoms with Crippen LogP contribution in [0.15, 0.2) is 46.9 Å². The van der Waals surface area contributed by atoms with Crippen molar-refractivity contribution in [1.29, 1.82) is 0 Å². The van der Waals surface area contributed by atoms with Crippen molar-refractivity contribution in [2.45, 2.75) is 11.8 Å². The minimum absolute atomic E-state index is 0.235. The zero-order valence-corrected chi connectivity index (χ0v) is 13.5. The van der Waals surface area contributed by atoms with Gasteiger partial charge in [0.15, 0.2) is 0 Å². The summed E-state index contributed by atoms with van der Waals surface area (Å²) in [5, 5.41) is 20.1. The highest BCUT2D eigenvalue weighted by molar-refractivity contribution is 9.10. The molecule has 0 atom stereocenters. The van der Waals surface area contributed by atoms with Crippen LogP contribution in [-0.4, -0.2) is 23.4 Å². The van der Waals surface area contributed by atoms with Crippen LogP contribution in [0.3, 0.4) is 0 Å². The van der Waals surface area contributed by atoms with Gasteiger partial charge in [0.25, 0.3) is 0 Å². The van der Waals surface area contributed by atoms with Gasteiger partial charge in [-0.05, 0) is 41.8 Å². The van der Waals surface area contributed by atoms with Crippen LogP contribution in [0.5, 0.6) is 0 Å². The van der Waals surface area contributed by atoms with Gasteiger partial charge in [0.2, 0.25) is 0 Å². The SMILES string of the molecule is OCC(CO)(Cc1cc(F)ccc1Cl)c1ccccc1Br. The van der Waals surface area contributed by atoms with Gasteiger partial charge in [-0.3, -0.25) is 0 Å². The first-order valence-corrected chi connectivity index (χ1v) is 7.60. The van der Waals surface area contributed by atoms with Crippen LogP contribution >= 0.6 is 27.5 Å². The number of rotatable bonds is 5. The highest BCUT2D eigenvalue weighted by Crippen LogP contribution is 2.35. The quantitative estimate of drug-likeness (QED) is 0.839. The Balaban J connectivity index is 2.48. The molecule has 21 heavy (non-hydrogen) atoms. The average molecular weight is 374 g/mol. The van der Waals surface area contributed by atoms with E-state index in [2.05, 4.69) is 15.9 Å². The molecule has 0 spiro atoms. The third-order valence-electron chi connectivity index (χ3n) is 3.59. The molecule has 2 aromatic carbocycles. The summed E-state index contributed by atoms with van der Waals surface area (Å²) in [7, 11) is 0. The minimum Gasteiger partial charge on any atom is -0.395 e. The highest BCUT2D eigenvalue weighted by atomic mass is 79.9. The molecule has 0 aliphatic carbocycles. The summed E-state index contributed by atoms with van der Waals surface area (Å²) in [6.07, 6.45) is 0.235. The Labute approximate surface area is 136 Å². The predicted molar refractivity (Wildman–Crippen MR) is 85.1 cm³/mol. The molecule has 0 bridgehead atoms. The van der Waals surface area contributed by atoms with E-state index in [1.54, 1.807) is 0 Å². The molecular formula is C16H15BrClFO2. The fourth-order valence-corrected chi connectivity index (χ4v) is 3.25. The summed E-state index contributed by atoms with van der Waals surface area (Å²) in [5.74, 6) is -0.397. The van der Waals surface area contributed by atoms with Gasteiger partial charge in [-0.1, -0.05) is 45.7 Å². The van der Waals surface area contributed by atoms with Gasteiger partial charge in [-0.25, -0.2) is 4.39 Å². The van der Waals surface area contributed by atoms with Gasteiger partial charge in [-0.15, -0.1) is 0 Å². The van der Waals surface area contributed by atoms with Gasteiger partial charge < -0.3 is 10.2 Å². The Kier molecular flexibility index (Phi) is 5.38. The third kappa shape index (κ3) is 3.46. The van der Waals surface area contributed by atoms with Crippen molar-refractivity contribution < 1.29 is 14.6 Å². The molecule has 0 saturated carbocycles. The molecule has 0 saturated heterocycles. The second kappa shape index (κ2) is 6.88. The largest absolute Gasteiger partial charge is 0.395 e. The second-order valence-corrected chi connectivity index (χ2v) is 6.25. The van der Waals surface area contributed by atoms with Crippen molar-refractivity contribution in [1.82, 2.24) is 0 Å². The van der Waals surface area contributed by atoms with E-state index in [1.165, 1.54) is 18.2 Å². The van der Waals surface area contributed by atoms with Crippen molar-refractivity contribution >= 4 is 27.5 Å². The molecule has 2 aromatic rings. The maximum absolute atomic E-state index is 13.4. The normalized spacial score (nSPS) is 11.7. The molecule has 0 fully saturated rings. The van der Waals surface area contributed by atoms with Crippen LogP contribution in [0, 0.1) is 5.82 Å². The minimum atomic E-state index is -0.933. The van der Waals surface area contributed by atoms with E-state index >= 15 is 0 Å². The Morgan fingerprint density at radius 2 is 1.76 bits per heavy atom. The van der Waals surface area contributed by atoms with Gasteiger partial charge in [-0.2, -0.15) is 0 Å². The van der Waals surface area contributed by atoms with E-state index in [0.717, 1.165) is 10.0 Å². The fourth-order valence-electron chi connectivity index (χ4n) is 2.36. The molecule has 5 heteroatoms. The molecule has 0 amide bonds. The van der Waals surface area contributed by atoms with Crippen molar-refractivity contribution in [3.63, 3.8) is 0 Å².